The maximum atomic E-state index is 13.0. The molecule has 2 aromatic heterocycles. The molecule has 1 atom stereocenters. The van der Waals surface area contributed by atoms with Crippen LogP contribution in [0, 0.1) is 5.92 Å². The molecule has 1 N–H and O–H groups in total. The first-order chi connectivity index (χ1) is 11.5. The summed E-state index contributed by atoms with van der Waals surface area (Å²) < 4.78 is 1.66. The zero-order valence-electron chi connectivity index (χ0n) is 14.3. The number of aromatic amines is 1. The van der Waals surface area contributed by atoms with E-state index in [4.69, 9.17) is 0 Å². The zero-order chi connectivity index (χ0) is 17.3. The number of nitrogens with zero attached hydrogens (tertiary/aromatic N) is 4. The normalized spacial score (nSPS) is 17.7. The van der Waals surface area contributed by atoms with Crippen LogP contribution in [0.5, 0.6) is 0 Å². The molecule has 1 aliphatic heterocycles. The average molecular weight is 329 g/mol. The summed E-state index contributed by atoms with van der Waals surface area (Å²) in [4.78, 5) is 32.7. The van der Waals surface area contributed by atoms with E-state index in [0.717, 1.165) is 30.7 Å². The molecule has 1 amide bonds. The minimum atomic E-state index is -0.383. The summed E-state index contributed by atoms with van der Waals surface area (Å²) in [6.45, 7) is 4.94. The van der Waals surface area contributed by atoms with E-state index in [1.807, 2.05) is 11.0 Å². The number of carbonyl (C=O) groups is 1. The summed E-state index contributed by atoms with van der Waals surface area (Å²) in [6, 6.07) is 3.54. The van der Waals surface area contributed by atoms with Gasteiger partial charge in [0.1, 0.15) is 5.69 Å². The fourth-order valence-electron chi connectivity index (χ4n) is 3.30. The number of aromatic nitrogens is 4. The number of H-pyrrole nitrogens is 1. The van der Waals surface area contributed by atoms with Crippen molar-refractivity contribution in [2.75, 3.05) is 6.54 Å². The van der Waals surface area contributed by atoms with Crippen molar-refractivity contribution in [1.82, 2.24) is 24.6 Å². The van der Waals surface area contributed by atoms with Crippen LogP contribution in [0.1, 0.15) is 54.6 Å². The Balaban J connectivity index is 1.86. The number of likely N-dealkylation sites (tertiary alicyclic amines) is 1. The molecule has 0 bridgehead atoms. The van der Waals surface area contributed by atoms with E-state index in [1.165, 1.54) is 6.20 Å². The van der Waals surface area contributed by atoms with Crippen LogP contribution in [0.25, 0.3) is 0 Å². The van der Waals surface area contributed by atoms with Gasteiger partial charge in [0.15, 0.2) is 0 Å². The molecule has 0 unspecified atom stereocenters. The highest BCUT2D eigenvalue weighted by Crippen LogP contribution is 2.31. The first-order valence-electron chi connectivity index (χ1n) is 8.35. The number of carbonyl (C=O) groups excluding carboxylic acids is 1. The van der Waals surface area contributed by atoms with Gasteiger partial charge in [-0.3, -0.25) is 9.48 Å². The van der Waals surface area contributed by atoms with Gasteiger partial charge in [0.2, 0.25) is 0 Å². The Labute approximate surface area is 140 Å². The van der Waals surface area contributed by atoms with Crippen LogP contribution in [-0.4, -0.2) is 37.1 Å². The molecule has 0 saturated carbocycles. The van der Waals surface area contributed by atoms with Crippen LogP contribution in [0.3, 0.4) is 0 Å². The average Bonchev–Trinajstić information content (AvgIpc) is 3.13. The Hall–Kier alpha value is -2.44. The first kappa shape index (κ1) is 16.4. The van der Waals surface area contributed by atoms with E-state index in [-0.39, 0.29) is 17.6 Å². The maximum Gasteiger partial charge on any atom is 0.345 e. The number of amides is 1. The van der Waals surface area contributed by atoms with E-state index < -0.39 is 0 Å². The second kappa shape index (κ2) is 6.59. The second-order valence-corrected chi connectivity index (χ2v) is 6.73. The van der Waals surface area contributed by atoms with Gasteiger partial charge >= 0.3 is 5.69 Å². The summed E-state index contributed by atoms with van der Waals surface area (Å²) in [7, 11) is 1.80. The Morgan fingerprint density at radius 1 is 1.46 bits per heavy atom. The van der Waals surface area contributed by atoms with Gasteiger partial charge in [-0.05, 0) is 37.3 Å². The molecule has 2 aromatic rings. The predicted molar refractivity (Wildman–Crippen MR) is 89.6 cm³/mol. The first-order valence-corrected chi connectivity index (χ1v) is 8.35. The summed E-state index contributed by atoms with van der Waals surface area (Å²) in [5, 5.41) is 4.46. The van der Waals surface area contributed by atoms with Crippen LogP contribution in [-0.2, 0) is 13.5 Å². The van der Waals surface area contributed by atoms with Gasteiger partial charge in [-0.25, -0.2) is 9.78 Å². The van der Waals surface area contributed by atoms with Crippen LogP contribution >= 0.6 is 0 Å². The van der Waals surface area contributed by atoms with Gasteiger partial charge in [-0.2, -0.15) is 5.10 Å². The molecule has 128 valence electrons. The molecule has 3 rings (SSSR count). The fraction of sp³-hybridized carbons (Fsp3) is 0.529. The van der Waals surface area contributed by atoms with Gasteiger partial charge in [0, 0.05) is 25.5 Å². The lowest BCUT2D eigenvalue weighted by Crippen LogP contribution is -2.33. The van der Waals surface area contributed by atoms with Crippen molar-refractivity contribution in [2.24, 2.45) is 13.0 Å². The summed E-state index contributed by atoms with van der Waals surface area (Å²) >= 11 is 0. The van der Waals surface area contributed by atoms with Crippen molar-refractivity contribution < 1.29 is 4.79 Å². The van der Waals surface area contributed by atoms with E-state index in [9.17, 15) is 9.59 Å². The minimum Gasteiger partial charge on any atom is -0.329 e. The summed E-state index contributed by atoms with van der Waals surface area (Å²) in [6.07, 6.45) is 4.09. The predicted octanol–water partition coefficient (Wildman–Crippen LogP) is 1.68. The number of aryl methyl sites for hydroxylation is 1. The van der Waals surface area contributed by atoms with E-state index in [0.29, 0.717) is 18.2 Å². The van der Waals surface area contributed by atoms with Crippen LogP contribution in [0.2, 0.25) is 0 Å². The SMILES string of the molecule is CC(C)Cc1cc(C(=O)N2CCC[C@@H]2c2ccnc(=O)[nH]2)n(C)n1. The van der Waals surface area contributed by atoms with Crippen LogP contribution in [0.15, 0.2) is 23.1 Å². The molecule has 0 aromatic carbocycles. The lowest BCUT2D eigenvalue weighted by molar-refractivity contribution is 0.0721. The molecule has 7 heteroatoms. The molecule has 3 heterocycles. The molecule has 1 aliphatic rings. The van der Waals surface area contributed by atoms with Gasteiger partial charge in [0.05, 0.1) is 11.7 Å². The molecule has 1 fully saturated rings. The Bertz CT molecular complexity index is 792. The number of rotatable bonds is 4. The van der Waals surface area contributed by atoms with Gasteiger partial charge in [-0.15, -0.1) is 0 Å². The second-order valence-electron chi connectivity index (χ2n) is 6.73. The largest absolute Gasteiger partial charge is 0.345 e. The topological polar surface area (TPSA) is 83.9 Å². The molecule has 0 spiro atoms. The van der Waals surface area contributed by atoms with E-state index in [2.05, 4.69) is 28.9 Å². The molecule has 0 aliphatic carbocycles. The monoisotopic (exact) mass is 329 g/mol. The van der Waals surface area contributed by atoms with Crippen molar-refractivity contribution in [3.8, 4) is 0 Å². The molecule has 7 nitrogen and oxygen atoms in total. The number of hydrogen-bond acceptors (Lipinski definition) is 4. The molecule has 1 saturated heterocycles. The third kappa shape index (κ3) is 3.25. The van der Waals surface area contributed by atoms with Gasteiger partial charge in [0.25, 0.3) is 5.91 Å². The number of nitrogens with one attached hydrogen (secondary N) is 1. The summed E-state index contributed by atoms with van der Waals surface area (Å²) in [5.41, 5.74) is 1.88. The lowest BCUT2D eigenvalue weighted by atomic mass is 10.1. The summed E-state index contributed by atoms with van der Waals surface area (Å²) in [5.74, 6) is 0.449. The minimum absolute atomic E-state index is 0.0415. The molecular weight excluding hydrogens is 306 g/mol. The lowest BCUT2D eigenvalue weighted by Gasteiger charge is -2.24. The maximum absolute atomic E-state index is 13.0. The molecule has 0 radical (unpaired) electrons. The fourth-order valence-corrected chi connectivity index (χ4v) is 3.30. The van der Waals surface area contributed by atoms with Gasteiger partial charge in [-0.1, -0.05) is 13.8 Å². The van der Waals surface area contributed by atoms with Crippen LogP contribution in [0.4, 0.5) is 0 Å². The van der Waals surface area contributed by atoms with Crippen LogP contribution < -0.4 is 5.69 Å². The number of hydrogen-bond donors (Lipinski definition) is 1. The molecule has 24 heavy (non-hydrogen) atoms. The Kier molecular flexibility index (Phi) is 4.51. The third-order valence-corrected chi connectivity index (χ3v) is 4.34. The van der Waals surface area contributed by atoms with Crippen molar-refractivity contribution >= 4 is 5.91 Å². The van der Waals surface area contributed by atoms with Crippen molar-refractivity contribution in [3.63, 3.8) is 0 Å². The Morgan fingerprint density at radius 3 is 2.96 bits per heavy atom. The smallest absolute Gasteiger partial charge is 0.329 e. The van der Waals surface area contributed by atoms with Crippen molar-refractivity contribution in [2.45, 2.75) is 39.2 Å². The van der Waals surface area contributed by atoms with E-state index >= 15 is 0 Å². The highest BCUT2D eigenvalue weighted by Gasteiger charge is 2.32. The van der Waals surface area contributed by atoms with E-state index in [1.54, 1.807) is 17.8 Å². The standard InChI is InChI=1S/C17H23N5O2/c1-11(2)9-12-10-15(21(3)20-12)16(23)22-8-4-5-14(22)13-6-7-18-17(24)19-13/h6-7,10-11,14H,4-5,8-9H2,1-3H3,(H,18,19,24)/t14-/m1/s1. The zero-order valence-corrected chi connectivity index (χ0v) is 14.3. The third-order valence-electron chi connectivity index (χ3n) is 4.34. The van der Waals surface area contributed by atoms with Crippen molar-refractivity contribution in [1.29, 1.82) is 0 Å². The molecular formula is C17H23N5O2. The van der Waals surface area contributed by atoms with Crippen molar-refractivity contribution in [3.05, 3.63) is 45.9 Å². The highest BCUT2D eigenvalue weighted by molar-refractivity contribution is 5.93. The Morgan fingerprint density at radius 2 is 2.25 bits per heavy atom. The van der Waals surface area contributed by atoms with Gasteiger partial charge < -0.3 is 9.88 Å². The highest BCUT2D eigenvalue weighted by atomic mass is 16.2. The quantitative estimate of drug-likeness (QED) is 0.925.